The summed E-state index contributed by atoms with van der Waals surface area (Å²) in [5.74, 6) is -6.15. The Kier molecular flexibility index (Phi) is 2.47. The molecule has 0 radical (unpaired) electrons. The molecular formula is C3H5F2NO3. The topological polar surface area (TPSA) is 69.6 Å². The molecule has 54 valence electrons. The smallest absolute Gasteiger partial charge is 0.376 e. The number of hydrogen-bond acceptors (Lipinski definition) is 3. The molecule has 4 nitrogen and oxygen atoms in total. The molecule has 0 aliphatic rings. The number of nitrogens with one attached hydrogen (secondary N) is 1. The number of halogens is 2. The number of carboxylic acid groups (broad SMARTS) is 1. The number of hydroxylamine groups is 1. The SMILES string of the molecule is O=C(O)C(F)(F)CNO. The van der Waals surface area contributed by atoms with Crippen molar-refractivity contribution >= 4 is 5.97 Å². The molecule has 0 aromatic carbocycles. The number of hydrogen-bond donors (Lipinski definition) is 3. The average molecular weight is 141 g/mol. The summed E-state index contributed by atoms with van der Waals surface area (Å²) < 4.78 is 23.4. The van der Waals surface area contributed by atoms with E-state index in [1.54, 1.807) is 0 Å². The van der Waals surface area contributed by atoms with Crippen molar-refractivity contribution in [3.05, 3.63) is 0 Å². The van der Waals surface area contributed by atoms with E-state index < -0.39 is 18.4 Å². The molecule has 0 aliphatic carbocycles. The van der Waals surface area contributed by atoms with Crippen molar-refractivity contribution in [2.45, 2.75) is 5.92 Å². The minimum Gasteiger partial charge on any atom is -0.477 e. The first-order chi connectivity index (χ1) is 4.00. The Hall–Kier alpha value is -0.750. The molecule has 0 aromatic heterocycles. The van der Waals surface area contributed by atoms with Crippen LogP contribution in [0.15, 0.2) is 0 Å². The van der Waals surface area contributed by atoms with E-state index in [0.29, 0.717) is 0 Å². The normalized spacial score (nSPS) is 11.4. The van der Waals surface area contributed by atoms with Crippen molar-refractivity contribution in [2.24, 2.45) is 0 Å². The summed E-state index contributed by atoms with van der Waals surface area (Å²) in [4.78, 5) is 9.51. The Morgan fingerprint density at radius 2 is 2.11 bits per heavy atom. The van der Waals surface area contributed by atoms with Gasteiger partial charge in [-0.2, -0.15) is 14.3 Å². The summed E-state index contributed by atoms with van der Waals surface area (Å²) in [6, 6.07) is 0. The van der Waals surface area contributed by atoms with Gasteiger partial charge in [-0.1, -0.05) is 0 Å². The highest BCUT2D eigenvalue weighted by atomic mass is 19.3. The van der Waals surface area contributed by atoms with Gasteiger partial charge in [-0.3, -0.25) is 0 Å². The summed E-state index contributed by atoms with van der Waals surface area (Å²) in [7, 11) is 0. The fourth-order valence-corrected chi connectivity index (χ4v) is 0.175. The zero-order chi connectivity index (χ0) is 7.49. The fourth-order valence-electron chi connectivity index (χ4n) is 0.175. The maximum Gasteiger partial charge on any atom is 0.376 e. The van der Waals surface area contributed by atoms with E-state index in [9.17, 15) is 13.6 Å². The summed E-state index contributed by atoms with van der Waals surface area (Å²) in [6.45, 7) is -1.28. The highest BCUT2D eigenvalue weighted by molar-refractivity contribution is 5.75. The van der Waals surface area contributed by atoms with Crippen LogP contribution in [-0.2, 0) is 4.79 Å². The standard InChI is InChI=1S/C3H5F2NO3/c4-3(5,1-6-9)2(7)8/h6,9H,1H2,(H,7,8). The van der Waals surface area contributed by atoms with Crippen molar-refractivity contribution in [3.63, 3.8) is 0 Å². The second-order valence-corrected chi connectivity index (χ2v) is 1.34. The lowest BCUT2D eigenvalue weighted by Gasteiger charge is -2.07. The third-order valence-corrected chi connectivity index (χ3v) is 0.614. The second-order valence-electron chi connectivity index (χ2n) is 1.34. The van der Waals surface area contributed by atoms with Gasteiger partial charge in [0.25, 0.3) is 0 Å². The summed E-state index contributed by atoms with van der Waals surface area (Å²) >= 11 is 0. The van der Waals surface area contributed by atoms with Gasteiger partial charge in [0.1, 0.15) is 0 Å². The van der Waals surface area contributed by atoms with Gasteiger partial charge in [-0.15, -0.1) is 0 Å². The van der Waals surface area contributed by atoms with Gasteiger partial charge < -0.3 is 10.3 Å². The van der Waals surface area contributed by atoms with E-state index in [-0.39, 0.29) is 0 Å². The van der Waals surface area contributed by atoms with E-state index in [4.69, 9.17) is 10.3 Å². The van der Waals surface area contributed by atoms with Crippen LogP contribution in [0.2, 0.25) is 0 Å². The van der Waals surface area contributed by atoms with Crippen LogP contribution in [0.4, 0.5) is 8.78 Å². The van der Waals surface area contributed by atoms with Gasteiger partial charge in [-0.05, 0) is 0 Å². The first-order valence-corrected chi connectivity index (χ1v) is 1.99. The molecule has 0 spiro atoms. The van der Waals surface area contributed by atoms with E-state index in [1.165, 1.54) is 0 Å². The van der Waals surface area contributed by atoms with Crippen LogP contribution >= 0.6 is 0 Å². The molecule has 0 fully saturated rings. The van der Waals surface area contributed by atoms with Crippen LogP contribution in [0.1, 0.15) is 0 Å². The van der Waals surface area contributed by atoms with Crippen molar-refractivity contribution in [3.8, 4) is 0 Å². The third-order valence-electron chi connectivity index (χ3n) is 0.614. The lowest BCUT2D eigenvalue weighted by Crippen LogP contribution is -2.38. The predicted octanol–water partition coefficient (Wildman–Crippen LogP) is -0.315. The summed E-state index contributed by atoms with van der Waals surface area (Å²) in [5.41, 5.74) is 1.06. The molecule has 0 rings (SSSR count). The Balaban J connectivity index is 3.85. The predicted molar refractivity (Wildman–Crippen MR) is 22.4 cm³/mol. The Bertz CT molecular complexity index is 116. The maximum atomic E-state index is 11.7. The van der Waals surface area contributed by atoms with Crippen molar-refractivity contribution in [1.82, 2.24) is 5.48 Å². The van der Waals surface area contributed by atoms with Crippen molar-refractivity contribution in [1.29, 1.82) is 0 Å². The fraction of sp³-hybridized carbons (Fsp3) is 0.667. The summed E-state index contributed by atoms with van der Waals surface area (Å²) in [6.07, 6.45) is 0. The number of rotatable bonds is 3. The van der Waals surface area contributed by atoms with Crippen LogP contribution < -0.4 is 5.48 Å². The Morgan fingerprint density at radius 3 is 2.22 bits per heavy atom. The van der Waals surface area contributed by atoms with Gasteiger partial charge in [0.05, 0.1) is 6.54 Å². The maximum absolute atomic E-state index is 11.7. The molecular weight excluding hydrogens is 136 g/mol. The highest BCUT2D eigenvalue weighted by Crippen LogP contribution is 2.10. The molecule has 0 amide bonds. The molecule has 0 bridgehead atoms. The number of alkyl halides is 2. The number of aliphatic carboxylic acids is 1. The third kappa shape index (κ3) is 2.34. The minimum absolute atomic E-state index is 1.06. The zero-order valence-corrected chi connectivity index (χ0v) is 4.27. The van der Waals surface area contributed by atoms with Gasteiger partial charge in [0, 0.05) is 0 Å². The molecule has 0 atom stereocenters. The molecule has 0 unspecified atom stereocenters. The molecule has 0 heterocycles. The highest BCUT2D eigenvalue weighted by Gasteiger charge is 2.38. The van der Waals surface area contributed by atoms with Crippen LogP contribution in [0.25, 0.3) is 0 Å². The monoisotopic (exact) mass is 141 g/mol. The van der Waals surface area contributed by atoms with E-state index in [1.807, 2.05) is 0 Å². The Labute approximate surface area is 49.1 Å². The summed E-state index contributed by atoms with van der Waals surface area (Å²) in [5, 5.41) is 15.3. The van der Waals surface area contributed by atoms with Gasteiger partial charge in [-0.25, -0.2) is 4.79 Å². The van der Waals surface area contributed by atoms with Gasteiger partial charge in [0.2, 0.25) is 0 Å². The molecule has 0 aliphatic heterocycles. The minimum atomic E-state index is -3.89. The molecule has 3 N–H and O–H groups in total. The zero-order valence-electron chi connectivity index (χ0n) is 4.27. The van der Waals surface area contributed by atoms with E-state index >= 15 is 0 Å². The van der Waals surface area contributed by atoms with E-state index in [2.05, 4.69) is 0 Å². The van der Waals surface area contributed by atoms with Crippen LogP contribution in [-0.4, -0.2) is 28.8 Å². The Morgan fingerprint density at radius 1 is 1.67 bits per heavy atom. The van der Waals surface area contributed by atoms with Crippen LogP contribution in [0.5, 0.6) is 0 Å². The quantitative estimate of drug-likeness (QED) is 0.471. The van der Waals surface area contributed by atoms with Gasteiger partial charge in [0.15, 0.2) is 0 Å². The molecule has 0 saturated heterocycles. The van der Waals surface area contributed by atoms with Crippen molar-refractivity contribution in [2.75, 3.05) is 6.54 Å². The first-order valence-electron chi connectivity index (χ1n) is 1.99. The molecule has 6 heteroatoms. The largest absolute Gasteiger partial charge is 0.477 e. The van der Waals surface area contributed by atoms with Gasteiger partial charge >= 0.3 is 11.9 Å². The lowest BCUT2D eigenvalue weighted by molar-refractivity contribution is -0.166. The van der Waals surface area contributed by atoms with Crippen molar-refractivity contribution < 1.29 is 23.9 Å². The lowest BCUT2D eigenvalue weighted by atomic mass is 10.3. The molecule has 0 aromatic rings. The average Bonchev–Trinajstić information content (AvgIpc) is 1.65. The second kappa shape index (κ2) is 2.70. The molecule has 9 heavy (non-hydrogen) atoms. The van der Waals surface area contributed by atoms with E-state index in [0.717, 1.165) is 5.48 Å². The first kappa shape index (κ1) is 8.25. The number of carboxylic acids is 1. The number of carbonyl (C=O) groups is 1. The van der Waals surface area contributed by atoms with Crippen LogP contribution in [0, 0.1) is 0 Å². The van der Waals surface area contributed by atoms with Crippen LogP contribution in [0.3, 0.4) is 0 Å². The molecule has 0 saturated carbocycles.